The second-order valence-electron chi connectivity index (χ2n) is 5.03. The van der Waals surface area contributed by atoms with E-state index >= 15 is 0 Å². The van der Waals surface area contributed by atoms with Gasteiger partial charge in [-0.15, -0.1) is 0 Å². The first kappa shape index (κ1) is 15.0. The van der Waals surface area contributed by atoms with Crippen LogP contribution in [0.2, 0.25) is 0 Å². The number of nitrogens with one attached hydrogen (secondary N) is 1. The average Bonchev–Trinajstić information content (AvgIpc) is 3.12. The molecule has 0 spiro atoms. The average molecular weight is 330 g/mol. The fourth-order valence-electron chi connectivity index (χ4n) is 2.42. The molecule has 2 N–H and O–H groups in total. The number of H-pyrrole nitrogens is 1. The van der Waals surface area contributed by atoms with E-state index in [0.29, 0.717) is 0 Å². The summed E-state index contributed by atoms with van der Waals surface area (Å²) in [4.78, 5) is -0.753. The minimum absolute atomic E-state index is 0.0400. The summed E-state index contributed by atoms with van der Waals surface area (Å²) in [5.74, 6) is -2.67. The van der Waals surface area contributed by atoms with Crippen molar-refractivity contribution in [3.63, 3.8) is 0 Å². The van der Waals surface area contributed by atoms with Gasteiger partial charge < -0.3 is 5.11 Å². The highest BCUT2D eigenvalue weighted by atomic mass is 32.2. The lowest BCUT2D eigenvalue weighted by atomic mass is 10.0. The Balaban J connectivity index is 1.94. The highest BCUT2D eigenvalue weighted by Gasteiger charge is 2.45. The molecular weight excluding hydrogens is 318 g/mol. The molecule has 0 bridgehead atoms. The van der Waals surface area contributed by atoms with E-state index in [-0.39, 0.29) is 25.2 Å². The molecule has 0 radical (unpaired) electrons. The van der Waals surface area contributed by atoms with Gasteiger partial charge in [0.15, 0.2) is 11.6 Å². The van der Waals surface area contributed by atoms with Crippen LogP contribution in [-0.4, -0.2) is 46.3 Å². The number of nitrogens with zero attached hydrogens (tertiary/aromatic N) is 3. The number of sulfonamides is 1. The number of aromatic nitrogens is 3. The van der Waals surface area contributed by atoms with Crippen LogP contribution in [0.3, 0.4) is 0 Å². The quantitative estimate of drug-likeness (QED) is 0.847. The molecule has 118 valence electrons. The first-order valence-electron chi connectivity index (χ1n) is 6.37. The van der Waals surface area contributed by atoms with Gasteiger partial charge in [0.05, 0.1) is 6.20 Å². The Labute approximate surface area is 124 Å². The Kier molecular flexibility index (Phi) is 3.46. The van der Waals surface area contributed by atoms with Crippen LogP contribution in [-0.2, 0) is 15.6 Å². The number of aromatic amines is 1. The summed E-state index contributed by atoms with van der Waals surface area (Å²) in [5, 5.41) is 20.1. The summed E-state index contributed by atoms with van der Waals surface area (Å²) in [6.07, 6.45) is 1.37. The lowest BCUT2D eigenvalue weighted by Gasteiger charge is -2.21. The third-order valence-electron chi connectivity index (χ3n) is 3.64. The van der Waals surface area contributed by atoms with E-state index in [2.05, 4.69) is 15.4 Å². The lowest BCUT2D eigenvalue weighted by molar-refractivity contribution is 0.0484. The molecule has 7 nitrogen and oxygen atoms in total. The van der Waals surface area contributed by atoms with Crippen LogP contribution in [0.4, 0.5) is 8.78 Å². The van der Waals surface area contributed by atoms with E-state index in [0.717, 1.165) is 22.5 Å². The smallest absolute Gasteiger partial charge is 0.246 e. The minimum atomic E-state index is -4.25. The van der Waals surface area contributed by atoms with Gasteiger partial charge in [0.25, 0.3) is 0 Å². The topological polar surface area (TPSA) is 99.2 Å². The monoisotopic (exact) mass is 330 g/mol. The molecular formula is C12H12F2N4O3S. The SMILES string of the molecule is O=S(=O)(c1cccc(F)c1F)N1CC[C@@](O)(c2cn[nH]n2)C1. The van der Waals surface area contributed by atoms with E-state index in [9.17, 15) is 22.3 Å². The molecule has 0 saturated carbocycles. The lowest BCUT2D eigenvalue weighted by Crippen LogP contribution is -2.35. The summed E-state index contributed by atoms with van der Waals surface area (Å²) in [6, 6.07) is 2.94. The number of benzene rings is 1. The van der Waals surface area contributed by atoms with Crippen molar-refractivity contribution in [1.82, 2.24) is 19.7 Å². The van der Waals surface area contributed by atoms with Gasteiger partial charge in [0, 0.05) is 13.1 Å². The minimum Gasteiger partial charge on any atom is -0.382 e. The van der Waals surface area contributed by atoms with Gasteiger partial charge in [0.2, 0.25) is 10.0 Å². The van der Waals surface area contributed by atoms with Crippen molar-refractivity contribution in [2.45, 2.75) is 16.9 Å². The van der Waals surface area contributed by atoms with Crippen LogP contribution in [0, 0.1) is 11.6 Å². The first-order valence-corrected chi connectivity index (χ1v) is 7.81. The predicted octanol–water partition coefficient (Wildman–Crippen LogP) is 0.365. The van der Waals surface area contributed by atoms with Crippen LogP contribution < -0.4 is 0 Å². The predicted molar refractivity (Wildman–Crippen MR) is 70.0 cm³/mol. The molecule has 1 aromatic heterocycles. The van der Waals surface area contributed by atoms with Crippen LogP contribution in [0.15, 0.2) is 29.3 Å². The molecule has 2 heterocycles. The fraction of sp³-hybridized carbons (Fsp3) is 0.333. The second-order valence-corrected chi connectivity index (χ2v) is 6.93. The summed E-state index contributed by atoms with van der Waals surface area (Å²) in [5.41, 5.74) is -1.31. The maximum Gasteiger partial charge on any atom is 0.246 e. The van der Waals surface area contributed by atoms with E-state index in [1.54, 1.807) is 0 Å². The van der Waals surface area contributed by atoms with Crippen LogP contribution in [0.5, 0.6) is 0 Å². The summed E-state index contributed by atoms with van der Waals surface area (Å²) in [7, 11) is -4.25. The zero-order valence-corrected chi connectivity index (χ0v) is 12.0. The third kappa shape index (κ3) is 2.28. The molecule has 2 aromatic rings. The Morgan fingerprint density at radius 3 is 2.82 bits per heavy atom. The molecule has 3 rings (SSSR count). The number of hydrogen-bond acceptors (Lipinski definition) is 5. The van der Waals surface area contributed by atoms with Gasteiger partial charge in [-0.1, -0.05) is 6.07 Å². The van der Waals surface area contributed by atoms with Gasteiger partial charge in [-0.05, 0) is 18.6 Å². The summed E-state index contributed by atoms with van der Waals surface area (Å²) in [6.45, 7) is -0.348. The Bertz CT molecular complexity index is 797. The molecule has 22 heavy (non-hydrogen) atoms. The zero-order chi connectivity index (χ0) is 16.0. The number of aliphatic hydroxyl groups is 1. The van der Waals surface area contributed by atoms with Crippen molar-refractivity contribution >= 4 is 10.0 Å². The molecule has 1 fully saturated rings. The second kappa shape index (κ2) is 5.07. The number of hydrogen-bond donors (Lipinski definition) is 2. The Hall–Kier alpha value is -1.91. The van der Waals surface area contributed by atoms with Gasteiger partial charge in [0.1, 0.15) is 16.2 Å². The Morgan fingerprint density at radius 2 is 2.14 bits per heavy atom. The van der Waals surface area contributed by atoms with E-state index < -0.39 is 32.2 Å². The van der Waals surface area contributed by atoms with E-state index in [1.807, 2.05) is 0 Å². The zero-order valence-electron chi connectivity index (χ0n) is 11.2. The maximum atomic E-state index is 13.7. The van der Waals surface area contributed by atoms with Gasteiger partial charge in [-0.25, -0.2) is 17.2 Å². The van der Waals surface area contributed by atoms with Gasteiger partial charge >= 0.3 is 0 Å². The van der Waals surface area contributed by atoms with Crippen LogP contribution >= 0.6 is 0 Å². The molecule has 1 saturated heterocycles. The largest absolute Gasteiger partial charge is 0.382 e. The molecule has 1 aromatic carbocycles. The molecule has 0 unspecified atom stereocenters. The van der Waals surface area contributed by atoms with Crippen molar-refractivity contribution in [3.05, 3.63) is 41.7 Å². The number of rotatable bonds is 3. The van der Waals surface area contributed by atoms with Crippen molar-refractivity contribution < 1.29 is 22.3 Å². The molecule has 10 heteroatoms. The van der Waals surface area contributed by atoms with Crippen molar-refractivity contribution in [3.8, 4) is 0 Å². The van der Waals surface area contributed by atoms with Crippen molar-refractivity contribution in [2.24, 2.45) is 0 Å². The summed E-state index contributed by atoms with van der Waals surface area (Å²) < 4.78 is 52.7. The van der Waals surface area contributed by atoms with Crippen molar-refractivity contribution in [2.75, 3.05) is 13.1 Å². The molecule has 1 atom stereocenters. The maximum absolute atomic E-state index is 13.7. The normalized spacial score (nSPS) is 23.0. The fourth-order valence-corrected chi connectivity index (χ4v) is 3.99. The molecule has 1 aliphatic heterocycles. The van der Waals surface area contributed by atoms with Gasteiger partial charge in [-0.2, -0.15) is 19.7 Å². The number of β-amino-alcohol motifs (C(OH)–C–C–N with tert-alkyl or cyclic N) is 1. The van der Waals surface area contributed by atoms with E-state index in [1.165, 1.54) is 6.20 Å². The van der Waals surface area contributed by atoms with E-state index in [4.69, 9.17) is 0 Å². The van der Waals surface area contributed by atoms with Crippen LogP contribution in [0.25, 0.3) is 0 Å². The highest BCUT2D eigenvalue weighted by Crippen LogP contribution is 2.34. The van der Waals surface area contributed by atoms with Crippen molar-refractivity contribution in [1.29, 1.82) is 0 Å². The standard InChI is InChI=1S/C12H12F2N4O3S/c13-8-2-1-3-9(11(8)14)22(20,21)18-5-4-12(19,7-18)10-6-15-17-16-10/h1-3,6,19H,4-5,7H2,(H,15,16,17)/t12-/m0/s1. The number of halogens is 2. The van der Waals surface area contributed by atoms with Crippen LogP contribution in [0.1, 0.15) is 12.1 Å². The molecule has 0 amide bonds. The molecule has 0 aliphatic carbocycles. The highest BCUT2D eigenvalue weighted by molar-refractivity contribution is 7.89. The third-order valence-corrected chi connectivity index (χ3v) is 5.50. The Morgan fingerprint density at radius 1 is 1.36 bits per heavy atom. The first-order chi connectivity index (χ1) is 10.3. The summed E-state index contributed by atoms with van der Waals surface area (Å²) >= 11 is 0. The van der Waals surface area contributed by atoms with Gasteiger partial charge in [-0.3, -0.25) is 0 Å². The molecule has 1 aliphatic rings.